The van der Waals surface area contributed by atoms with Gasteiger partial charge in [0.15, 0.2) is 0 Å². The SMILES string of the molecule is COCC[C@@H](NC(=O)[C@H](C)OC)c1ccc(Cl)cc1. The Kier molecular flexibility index (Phi) is 6.84. The third-order valence-electron chi connectivity index (χ3n) is 2.92. The van der Waals surface area contributed by atoms with Crippen molar-refractivity contribution in [2.45, 2.75) is 25.5 Å². The lowest BCUT2D eigenvalue weighted by molar-refractivity contribution is -0.131. The van der Waals surface area contributed by atoms with Crippen molar-refractivity contribution >= 4 is 17.5 Å². The number of carbonyl (C=O) groups is 1. The molecule has 0 saturated heterocycles. The first-order valence-corrected chi connectivity index (χ1v) is 6.53. The molecule has 1 rings (SSSR count). The predicted molar refractivity (Wildman–Crippen MR) is 75.3 cm³/mol. The second kappa shape index (κ2) is 8.15. The Morgan fingerprint density at radius 3 is 2.47 bits per heavy atom. The molecule has 0 aliphatic heterocycles. The fourth-order valence-corrected chi connectivity index (χ4v) is 1.78. The summed E-state index contributed by atoms with van der Waals surface area (Å²) in [5, 5.41) is 3.62. The van der Waals surface area contributed by atoms with Gasteiger partial charge < -0.3 is 14.8 Å². The van der Waals surface area contributed by atoms with Gasteiger partial charge in [-0.2, -0.15) is 0 Å². The summed E-state index contributed by atoms with van der Waals surface area (Å²) < 4.78 is 10.1. The van der Waals surface area contributed by atoms with Crippen LogP contribution in [-0.4, -0.2) is 32.8 Å². The molecule has 0 heterocycles. The van der Waals surface area contributed by atoms with E-state index < -0.39 is 6.10 Å². The molecule has 0 fully saturated rings. The number of rotatable bonds is 7. The molecule has 0 aromatic heterocycles. The summed E-state index contributed by atoms with van der Waals surface area (Å²) in [6.45, 7) is 2.28. The normalized spacial score (nSPS) is 13.9. The van der Waals surface area contributed by atoms with E-state index in [1.165, 1.54) is 7.11 Å². The van der Waals surface area contributed by atoms with Crippen LogP contribution in [0.1, 0.15) is 24.9 Å². The molecule has 5 heteroatoms. The molecule has 106 valence electrons. The quantitative estimate of drug-likeness (QED) is 0.837. The van der Waals surface area contributed by atoms with Gasteiger partial charge in [0.1, 0.15) is 6.10 Å². The van der Waals surface area contributed by atoms with Crippen molar-refractivity contribution in [3.8, 4) is 0 Å². The molecule has 0 unspecified atom stereocenters. The summed E-state index contributed by atoms with van der Waals surface area (Å²) in [4.78, 5) is 11.9. The van der Waals surface area contributed by atoms with Gasteiger partial charge in [0.25, 0.3) is 0 Å². The van der Waals surface area contributed by atoms with Gasteiger partial charge in [-0.1, -0.05) is 23.7 Å². The number of halogens is 1. The highest BCUT2D eigenvalue weighted by Crippen LogP contribution is 2.19. The smallest absolute Gasteiger partial charge is 0.249 e. The molecule has 19 heavy (non-hydrogen) atoms. The first kappa shape index (κ1) is 16.0. The maximum absolute atomic E-state index is 11.9. The number of hydrogen-bond donors (Lipinski definition) is 1. The van der Waals surface area contributed by atoms with Gasteiger partial charge in [-0.05, 0) is 31.0 Å². The average molecular weight is 286 g/mol. The number of carbonyl (C=O) groups excluding carboxylic acids is 1. The summed E-state index contributed by atoms with van der Waals surface area (Å²) in [5.74, 6) is -0.140. The van der Waals surface area contributed by atoms with E-state index in [1.807, 2.05) is 24.3 Å². The molecule has 1 N–H and O–H groups in total. The Bertz CT molecular complexity index is 394. The van der Waals surface area contributed by atoms with E-state index >= 15 is 0 Å². The third kappa shape index (κ3) is 5.19. The van der Waals surface area contributed by atoms with Gasteiger partial charge in [0.05, 0.1) is 6.04 Å². The molecule has 2 atom stereocenters. The largest absolute Gasteiger partial charge is 0.385 e. The molecule has 0 aliphatic carbocycles. The van der Waals surface area contributed by atoms with E-state index in [0.717, 1.165) is 5.56 Å². The first-order valence-electron chi connectivity index (χ1n) is 6.16. The highest BCUT2D eigenvalue weighted by molar-refractivity contribution is 6.30. The molecule has 0 saturated carbocycles. The van der Waals surface area contributed by atoms with E-state index in [-0.39, 0.29) is 11.9 Å². The van der Waals surface area contributed by atoms with Crippen LogP contribution < -0.4 is 5.32 Å². The highest BCUT2D eigenvalue weighted by Gasteiger charge is 2.18. The minimum absolute atomic E-state index is 0.109. The highest BCUT2D eigenvalue weighted by atomic mass is 35.5. The number of methoxy groups -OCH3 is 2. The fraction of sp³-hybridized carbons (Fsp3) is 0.500. The Labute approximate surface area is 119 Å². The monoisotopic (exact) mass is 285 g/mol. The molecule has 1 amide bonds. The van der Waals surface area contributed by atoms with Crippen molar-refractivity contribution < 1.29 is 14.3 Å². The third-order valence-corrected chi connectivity index (χ3v) is 3.17. The van der Waals surface area contributed by atoms with Crippen LogP contribution in [0.25, 0.3) is 0 Å². The van der Waals surface area contributed by atoms with Gasteiger partial charge in [0, 0.05) is 25.8 Å². The molecule has 1 aromatic carbocycles. The van der Waals surface area contributed by atoms with Gasteiger partial charge >= 0.3 is 0 Å². The van der Waals surface area contributed by atoms with E-state index in [2.05, 4.69) is 5.32 Å². The Balaban J connectivity index is 2.76. The first-order chi connectivity index (χ1) is 9.08. The zero-order chi connectivity index (χ0) is 14.3. The minimum Gasteiger partial charge on any atom is -0.385 e. The lowest BCUT2D eigenvalue weighted by atomic mass is 10.0. The van der Waals surface area contributed by atoms with Crippen LogP contribution in [0.2, 0.25) is 5.02 Å². The molecule has 4 nitrogen and oxygen atoms in total. The lowest BCUT2D eigenvalue weighted by Gasteiger charge is -2.21. The summed E-state index contributed by atoms with van der Waals surface area (Å²) in [5.41, 5.74) is 0.998. The zero-order valence-electron chi connectivity index (χ0n) is 11.5. The van der Waals surface area contributed by atoms with Crippen molar-refractivity contribution in [3.05, 3.63) is 34.9 Å². The molecule has 1 aromatic rings. The molecule has 0 aliphatic rings. The number of ether oxygens (including phenoxy) is 2. The van der Waals surface area contributed by atoms with Crippen LogP contribution in [0.5, 0.6) is 0 Å². The van der Waals surface area contributed by atoms with E-state index in [0.29, 0.717) is 18.1 Å². The van der Waals surface area contributed by atoms with Gasteiger partial charge in [0.2, 0.25) is 5.91 Å². The van der Waals surface area contributed by atoms with Gasteiger partial charge in [-0.3, -0.25) is 4.79 Å². The van der Waals surface area contributed by atoms with Crippen LogP contribution in [0.15, 0.2) is 24.3 Å². The Morgan fingerprint density at radius 1 is 1.32 bits per heavy atom. The Hall–Kier alpha value is -1.10. The maximum atomic E-state index is 11.9. The average Bonchev–Trinajstić information content (AvgIpc) is 2.43. The number of nitrogens with one attached hydrogen (secondary N) is 1. The maximum Gasteiger partial charge on any atom is 0.249 e. The van der Waals surface area contributed by atoms with Crippen molar-refractivity contribution in [3.63, 3.8) is 0 Å². The Morgan fingerprint density at radius 2 is 1.95 bits per heavy atom. The second-order valence-corrected chi connectivity index (χ2v) is 4.71. The van der Waals surface area contributed by atoms with Crippen LogP contribution in [0.4, 0.5) is 0 Å². The summed E-state index contributed by atoms with van der Waals surface area (Å²) in [6, 6.07) is 7.31. The van der Waals surface area contributed by atoms with Crippen molar-refractivity contribution in [2.24, 2.45) is 0 Å². The van der Waals surface area contributed by atoms with Crippen molar-refractivity contribution in [2.75, 3.05) is 20.8 Å². The van der Waals surface area contributed by atoms with E-state index in [9.17, 15) is 4.79 Å². The minimum atomic E-state index is -0.475. The van der Waals surface area contributed by atoms with Crippen LogP contribution in [-0.2, 0) is 14.3 Å². The predicted octanol–water partition coefficient (Wildman–Crippen LogP) is 2.57. The van der Waals surface area contributed by atoms with Crippen LogP contribution >= 0.6 is 11.6 Å². The number of benzene rings is 1. The van der Waals surface area contributed by atoms with Crippen molar-refractivity contribution in [1.29, 1.82) is 0 Å². The van der Waals surface area contributed by atoms with Gasteiger partial charge in [-0.15, -0.1) is 0 Å². The topological polar surface area (TPSA) is 47.6 Å². The molecule has 0 spiro atoms. The number of hydrogen-bond acceptors (Lipinski definition) is 3. The number of amides is 1. The van der Waals surface area contributed by atoms with Crippen LogP contribution in [0.3, 0.4) is 0 Å². The van der Waals surface area contributed by atoms with Crippen LogP contribution in [0, 0.1) is 0 Å². The zero-order valence-corrected chi connectivity index (χ0v) is 12.2. The molecular weight excluding hydrogens is 266 g/mol. The summed E-state index contributed by atoms with van der Waals surface area (Å²) in [6.07, 6.45) is 0.220. The van der Waals surface area contributed by atoms with Crippen molar-refractivity contribution in [1.82, 2.24) is 5.32 Å². The van der Waals surface area contributed by atoms with E-state index in [1.54, 1.807) is 14.0 Å². The van der Waals surface area contributed by atoms with E-state index in [4.69, 9.17) is 21.1 Å². The second-order valence-electron chi connectivity index (χ2n) is 4.27. The summed E-state index contributed by atoms with van der Waals surface area (Å²) >= 11 is 5.87. The lowest BCUT2D eigenvalue weighted by Crippen LogP contribution is -2.37. The fourth-order valence-electron chi connectivity index (χ4n) is 1.65. The van der Waals surface area contributed by atoms with Gasteiger partial charge in [-0.25, -0.2) is 0 Å². The molecular formula is C14H20ClNO3. The molecule has 0 bridgehead atoms. The summed E-state index contributed by atoms with van der Waals surface area (Å²) in [7, 11) is 3.15. The molecule has 0 radical (unpaired) electrons. The standard InChI is InChI=1S/C14H20ClNO3/c1-10(19-3)14(17)16-13(8-9-18-2)11-4-6-12(15)7-5-11/h4-7,10,13H,8-9H2,1-3H3,(H,16,17)/t10-,13+/m0/s1.